The van der Waals surface area contributed by atoms with Crippen molar-refractivity contribution < 1.29 is 9.90 Å². The molecule has 0 spiro atoms. The highest BCUT2D eigenvalue weighted by Crippen LogP contribution is 2.22. The number of carbonyl (C=O) groups is 1. The lowest BCUT2D eigenvalue weighted by atomic mass is 10.1. The van der Waals surface area contributed by atoms with Gasteiger partial charge in [0.1, 0.15) is 11.5 Å². The van der Waals surface area contributed by atoms with Crippen LogP contribution in [0.5, 0.6) is 0 Å². The zero-order valence-corrected chi connectivity index (χ0v) is 8.49. The van der Waals surface area contributed by atoms with E-state index in [4.69, 9.17) is 0 Å². The highest BCUT2D eigenvalue weighted by Gasteiger charge is 2.32. The van der Waals surface area contributed by atoms with Crippen molar-refractivity contribution in [1.82, 2.24) is 9.80 Å². The number of likely N-dealkylation sites (tertiary alicyclic amines) is 1. The third-order valence-corrected chi connectivity index (χ3v) is 2.88. The van der Waals surface area contributed by atoms with Crippen LogP contribution in [0.1, 0.15) is 19.3 Å². The summed E-state index contributed by atoms with van der Waals surface area (Å²) >= 11 is 0. The van der Waals surface area contributed by atoms with E-state index < -0.39 is 0 Å². The average molecular weight is 196 g/mol. The Morgan fingerprint density at radius 2 is 1.86 bits per heavy atom. The molecule has 0 aromatic carbocycles. The third kappa shape index (κ3) is 1.45. The van der Waals surface area contributed by atoms with Crippen molar-refractivity contribution in [2.75, 3.05) is 26.7 Å². The van der Waals surface area contributed by atoms with Crippen molar-refractivity contribution in [3.8, 4) is 0 Å². The number of aliphatic hydroxyl groups is 1. The number of piperidine rings is 1. The Labute approximate surface area is 83.8 Å². The Kier molecular flexibility index (Phi) is 2.35. The zero-order chi connectivity index (χ0) is 10.1. The highest BCUT2D eigenvalue weighted by molar-refractivity contribution is 5.95. The molecule has 1 amide bonds. The monoisotopic (exact) mass is 196 g/mol. The topological polar surface area (TPSA) is 43.8 Å². The lowest BCUT2D eigenvalue weighted by molar-refractivity contribution is -0.125. The van der Waals surface area contributed by atoms with Crippen molar-refractivity contribution in [3.63, 3.8) is 0 Å². The van der Waals surface area contributed by atoms with E-state index in [9.17, 15) is 9.90 Å². The minimum Gasteiger partial charge on any atom is -0.508 e. The second kappa shape index (κ2) is 3.52. The molecule has 1 fully saturated rings. The first-order valence-electron chi connectivity index (χ1n) is 5.12. The Hall–Kier alpha value is -1.19. The summed E-state index contributed by atoms with van der Waals surface area (Å²) in [4.78, 5) is 15.3. The molecule has 2 aliphatic heterocycles. The van der Waals surface area contributed by atoms with Crippen LogP contribution in [-0.2, 0) is 4.79 Å². The fourth-order valence-corrected chi connectivity index (χ4v) is 2.11. The van der Waals surface area contributed by atoms with E-state index in [2.05, 4.69) is 0 Å². The minimum atomic E-state index is -0.0376. The fourth-order valence-electron chi connectivity index (χ4n) is 2.11. The van der Waals surface area contributed by atoms with E-state index in [0.717, 1.165) is 25.9 Å². The largest absolute Gasteiger partial charge is 0.508 e. The second-order valence-corrected chi connectivity index (χ2v) is 4.00. The van der Waals surface area contributed by atoms with E-state index in [1.54, 1.807) is 11.9 Å². The maximum Gasteiger partial charge on any atom is 0.273 e. The van der Waals surface area contributed by atoms with Gasteiger partial charge >= 0.3 is 0 Å². The van der Waals surface area contributed by atoms with E-state index in [0.29, 0.717) is 12.2 Å². The van der Waals surface area contributed by atoms with Gasteiger partial charge in [0.25, 0.3) is 5.91 Å². The van der Waals surface area contributed by atoms with Crippen LogP contribution in [0, 0.1) is 0 Å². The van der Waals surface area contributed by atoms with Gasteiger partial charge in [-0.15, -0.1) is 0 Å². The Morgan fingerprint density at radius 1 is 1.21 bits per heavy atom. The lowest BCUT2D eigenvalue weighted by Gasteiger charge is -2.28. The first kappa shape index (κ1) is 9.37. The summed E-state index contributed by atoms with van der Waals surface area (Å²) in [7, 11) is 1.72. The third-order valence-electron chi connectivity index (χ3n) is 2.88. The van der Waals surface area contributed by atoms with Crippen molar-refractivity contribution >= 4 is 5.91 Å². The maximum absolute atomic E-state index is 11.7. The summed E-state index contributed by atoms with van der Waals surface area (Å²) in [5, 5.41) is 9.66. The van der Waals surface area contributed by atoms with E-state index in [1.165, 1.54) is 6.42 Å². The summed E-state index contributed by atoms with van der Waals surface area (Å²) in [6.07, 6.45) is 3.47. The van der Waals surface area contributed by atoms with Gasteiger partial charge in [0.2, 0.25) is 0 Å². The van der Waals surface area contributed by atoms with Crippen molar-refractivity contribution in [3.05, 3.63) is 11.5 Å². The summed E-state index contributed by atoms with van der Waals surface area (Å²) in [5.74, 6) is 0.198. The van der Waals surface area contributed by atoms with E-state index in [1.807, 2.05) is 4.90 Å². The van der Waals surface area contributed by atoms with Crippen LogP contribution in [0.25, 0.3) is 0 Å². The van der Waals surface area contributed by atoms with E-state index in [-0.39, 0.29) is 11.7 Å². The van der Waals surface area contributed by atoms with Gasteiger partial charge in [0.05, 0.1) is 6.54 Å². The zero-order valence-electron chi connectivity index (χ0n) is 8.49. The van der Waals surface area contributed by atoms with Gasteiger partial charge in [-0.1, -0.05) is 0 Å². The second-order valence-electron chi connectivity index (χ2n) is 4.00. The molecule has 14 heavy (non-hydrogen) atoms. The van der Waals surface area contributed by atoms with Gasteiger partial charge in [-0.05, 0) is 19.3 Å². The first-order valence-corrected chi connectivity index (χ1v) is 5.12. The number of amides is 1. The molecule has 0 bridgehead atoms. The van der Waals surface area contributed by atoms with Crippen LogP contribution in [0.4, 0.5) is 0 Å². The van der Waals surface area contributed by atoms with Crippen LogP contribution in [-0.4, -0.2) is 47.5 Å². The van der Waals surface area contributed by atoms with Crippen LogP contribution in [0.3, 0.4) is 0 Å². The number of hydrogen-bond donors (Lipinski definition) is 1. The summed E-state index contributed by atoms with van der Waals surface area (Å²) in [6.45, 7) is 2.17. The Morgan fingerprint density at radius 3 is 2.36 bits per heavy atom. The number of hydrogen-bond acceptors (Lipinski definition) is 3. The van der Waals surface area contributed by atoms with Gasteiger partial charge in [-0.3, -0.25) is 4.79 Å². The molecule has 2 rings (SSSR count). The average Bonchev–Trinajstić information content (AvgIpc) is 2.43. The fraction of sp³-hybridized carbons (Fsp3) is 0.700. The molecule has 1 saturated heterocycles. The summed E-state index contributed by atoms with van der Waals surface area (Å²) in [5.41, 5.74) is 0.534. The van der Waals surface area contributed by atoms with Gasteiger partial charge < -0.3 is 14.9 Å². The highest BCUT2D eigenvalue weighted by atomic mass is 16.3. The lowest BCUT2D eigenvalue weighted by Crippen LogP contribution is -2.34. The molecule has 0 unspecified atom stereocenters. The molecule has 0 aliphatic carbocycles. The molecule has 2 heterocycles. The van der Waals surface area contributed by atoms with Gasteiger partial charge in [0, 0.05) is 20.1 Å². The molecule has 0 saturated carbocycles. The Balaban J connectivity index is 2.15. The molecule has 2 aliphatic rings. The number of carbonyl (C=O) groups excluding carboxylic acids is 1. The number of aliphatic hydroxyl groups excluding tert-OH is 1. The number of rotatable bonds is 1. The molecule has 4 nitrogen and oxygen atoms in total. The quantitative estimate of drug-likeness (QED) is 0.672. The number of nitrogens with zero attached hydrogens (tertiary/aromatic N) is 2. The van der Waals surface area contributed by atoms with Gasteiger partial charge in [-0.2, -0.15) is 0 Å². The van der Waals surface area contributed by atoms with Crippen LogP contribution >= 0.6 is 0 Å². The van der Waals surface area contributed by atoms with Crippen LogP contribution in [0.2, 0.25) is 0 Å². The predicted octanol–water partition coefficient (Wildman–Crippen LogP) is 0.714. The van der Waals surface area contributed by atoms with Gasteiger partial charge in [-0.25, -0.2) is 0 Å². The van der Waals surface area contributed by atoms with Crippen LogP contribution < -0.4 is 0 Å². The Bertz CT molecular complexity index is 280. The predicted molar refractivity (Wildman–Crippen MR) is 52.7 cm³/mol. The molecular formula is C10H16N2O2. The first-order chi connectivity index (χ1) is 6.70. The molecule has 4 heteroatoms. The molecule has 0 aromatic rings. The minimum absolute atomic E-state index is 0.0376. The molecule has 0 atom stereocenters. The normalized spacial score (nSPS) is 23.6. The van der Waals surface area contributed by atoms with E-state index >= 15 is 0 Å². The van der Waals surface area contributed by atoms with Crippen molar-refractivity contribution in [2.24, 2.45) is 0 Å². The maximum atomic E-state index is 11.7. The smallest absolute Gasteiger partial charge is 0.273 e. The van der Waals surface area contributed by atoms with Crippen molar-refractivity contribution in [1.29, 1.82) is 0 Å². The molecular weight excluding hydrogens is 180 g/mol. The number of likely N-dealkylation sites (N-methyl/N-ethyl adjacent to an activating group) is 1. The SMILES string of the molecule is CN1CC(O)=C(N2CCCCC2)C1=O. The molecule has 1 N–H and O–H groups in total. The van der Waals surface area contributed by atoms with Crippen molar-refractivity contribution in [2.45, 2.75) is 19.3 Å². The van der Waals surface area contributed by atoms with Crippen LogP contribution in [0.15, 0.2) is 11.5 Å². The molecule has 0 radical (unpaired) electrons. The summed E-state index contributed by atoms with van der Waals surface area (Å²) in [6, 6.07) is 0. The summed E-state index contributed by atoms with van der Waals surface area (Å²) < 4.78 is 0. The molecule has 0 aromatic heterocycles. The standard InChI is InChI=1S/C10H16N2O2/c1-11-7-8(13)9(10(11)14)12-5-3-2-4-6-12/h13H,2-7H2,1H3. The van der Waals surface area contributed by atoms with Gasteiger partial charge in [0.15, 0.2) is 0 Å². The molecule has 78 valence electrons.